The lowest BCUT2D eigenvalue weighted by atomic mass is 9.99. The Kier molecular flexibility index (Phi) is 6.39. The number of ether oxygens (including phenoxy) is 2. The summed E-state index contributed by atoms with van der Waals surface area (Å²) in [5.74, 6) is 1.25. The van der Waals surface area contributed by atoms with Gasteiger partial charge in [-0.2, -0.15) is 0 Å². The van der Waals surface area contributed by atoms with Crippen LogP contribution in [0.2, 0.25) is 0 Å². The third-order valence-electron chi connectivity index (χ3n) is 2.13. The molecule has 0 rings (SSSR count). The molecule has 0 saturated carbocycles. The van der Waals surface area contributed by atoms with Gasteiger partial charge in [0.05, 0.1) is 0 Å². The molecule has 0 heterocycles. The van der Waals surface area contributed by atoms with Crippen LogP contribution in [-0.2, 0) is 9.47 Å². The van der Waals surface area contributed by atoms with Crippen LogP contribution in [0.5, 0.6) is 0 Å². The predicted molar refractivity (Wildman–Crippen MR) is 51.0 cm³/mol. The van der Waals surface area contributed by atoms with E-state index in [-0.39, 0.29) is 6.29 Å². The fraction of sp³-hybridized carbons (Fsp3) is 1.00. The second kappa shape index (κ2) is 6.44. The molecule has 0 fully saturated rings. The molecule has 0 aromatic heterocycles. The fourth-order valence-electron chi connectivity index (χ4n) is 1.29. The molecule has 12 heavy (non-hydrogen) atoms. The monoisotopic (exact) mass is 174 g/mol. The van der Waals surface area contributed by atoms with Gasteiger partial charge >= 0.3 is 0 Å². The minimum Gasteiger partial charge on any atom is -0.356 e. The molecule has 2 nitrogen and oxygen atoms in total. The van der Waals surface area contributed by atoms with Crippen LogP contribution in [0.3, 0.4) is 0 Å². The van der Waals surface area contributed by atoms with Crippen molar-refractivity contribution in [2.24, 2.45) is 11.8 Å². The van der Waals surface area contributed by atoms with Crippen molar-refractivity contribution in [3.8, 4) is 0 Å². The molecule has 0 radical (unpaired) electrons. The lowest BCUT2D eigenvalue weighted by molar-refractivity contribution is -0.135. The lowest BCUT2D eigenvalue weighted by Gasteiger charge is -2.21. The number of hydrogen-bond donors (Lipinski definition) is 0. The fourth-order valence-corrected chi connectivity index (χ4v) is 1.29. The Morgan fingerprint density at radius 1 is 0.917 bits per heavy atom. The SMILES string of the molecule is COC(OC)C(C)CCC(C)C. The molecule has 0 bridgehead atoms. The highest BCUT2D eigenvalue weighted by Gasteiger charge is 2.15. The van der Waals surface area contributed by atoms with E-state index in [0.29, 0.717) is 5.92 Å². The van der Waals surface area contributed by atoms with Gasteiger partial charge in [-0.1, -0.05) is 27.2 Å². The Morgan fingerprint density at radius 2 is 1.42 bits per heavy atom. The Morgan fingerprint density at radius 3 is 1.75 bits per heavy atom. The van der Waals surface area contributed by atoms with Crippen LogP contribution >= 0.6 is 0 Å². The molecule has 2 heteroatoms. The van der Waals surface area contributed by atoms with Gasteiger partial charge in [0.25, 0.3) is 0 Å². The molecule has 0 aliphatic carbocycles. The summed E-state index contributed by atoms with van der Waals surface area (Å²) in [7, 11) is 3.39. The third kappa shape index (κ3) is 4.73. The number of methoxy groups -OCH3 is 2. The van der Waals surface area contributed by atoms with Crippen LogP contribution in [0.1, 0.15) is 33.6 Å². The Balaban J connectivity index is 3.61. The van der Waals surface area contributed by atoms with E-state index in [1.54, 1.807) is 14.2 Å². The zero-order valence-electron chi connectivity index (χ0n) is 8.96. The van der Waals surface area contributed by atoms with Crippen molar-refractivity contribution in [3.05, 3.63) is 0 Å². The van der Waals surface area contributed by atoms with E-state index >= 15 is 0 Å². The standard InChI is InChI=1S/C10H22O2/c1-8(2)6-7-9(3)10(11-4)12-5/h8-10H,6-7H2,1-5H3. The molecule has 0 aliphatic rings. The van der Waals surface area contributed by atoms with Crippen molar-refractivity contribution in [1.82, 2.24) is 0 Å². The normalized spacial score (nSPS) is 14.2. The first kappa shape index (κ1) is 11.9. The maximum atomic E-state index is 5.17. The highest BCUT2D eigenvalue weighted by molar-refractivity contribution is 4.58. The van der Waals surface area contributed by atoms with Crippen molar-refractivity contribution in [3.63, 3.8) is 0 Å². The van der Waals surface area contributed by atoms with Gasteiger partial charge in [-0.3, -0.25) is 0 Å². The van der Waals surface area contributed by atoms with Crippen molar-refractivity contribution in [2.45, 2.75) is 39.9 Å². The van der Waals surface area contributed by atoms with Gasteiger partial charge in [-0.25, -0.2) is 0 Å². The number of rotatable bonds is 6. The average Bonchev–Trinajstić information content (AvgIpc) is 2.03. The second-order valence-electron chi connectivity index (χ2n) is 3.79. The van der Waals surface area contributed by atoms with Crippen molar-refractivity contribution < 1.29 is 9.47 Å². The molecule has 0 saturated heterocycles. The predicted octanol–water partition coefficient (Wildman–Crippen LogP) is 2.68. The third-order valence-corrected chi connectivity index (χ3v) is 2.13. The van der Waals surface area contributed by atoms with Gasteiger partial charge in [0.15, 0.2) is 6.29 Å². The quantitative estimate of drug-likeness (QED) is 0.576. The Bertz CT molecular complexity index is 98.0. The summed E-state index contributed by atoms with van der Waals surface area (Å²) in [5.41, 5.74) is 0. The van der Waals surface area contributed by atoms with E-state index in [0.717, 1.165) is 5.92 Å². The van der Waals surface area contributed by atoms with Crippen molar-refractivity contribution >= 4 is 0 Å². The van der Waals surface area contributed by atoms with Crippen LogP contribution in [0.4, 0.5) is 0 Å². The summed E-state index contributed by atoms with van der Waals surface area (Å²) >= 11 is 0. The molecule has 0 amide bonds. The smallest absolute Gasteiger partial charge is 0.159 e. The number of hydrogen-bond acceptors (Lipinski definition) is 2. The van der Waals surface area contributed by atoms with E-state index in [9.17, 15) is 0 Å². The summed E-state index contributed by atoms with van der Waals surface area (Å²) < 4.78 is 10.3. The molecule has 0 aliphatic heterocycles. The van der Waals surface area contributed by atoms with Crippen molar-refractivity contribution in [2.75, 3.05) is 14.2 Å². The zero-order valence-corrected chi connectivity index (χ0v) is 8.96. The van der Waals surface area contributed by atoms with Crippen LogP contribution in [0, 0.1) is 11.8 Å². The largest absolute Gasteiger partial charge is 0.356 e. The summed E-state index contributed by atoms with van der Waals surface area (Å²) in [5, 5.41) is 0. The van der Waals surface area contributed by atoms with Crippen molar-refractivity contribution in [1.29, 1.82) is 0 Å². The van der Waals surface area contributed by atoms with Crippen LogP contribution in [0.25, 0.3) is 0 Å². The van der Waals surface area contributed by atoms with E-state index in [2.05, 4.69) is 20.8 Å². The minimum absolute atomic E-state index is 0.0382. The van der Waals surface area contributed by atoms with E-state index in [4.69, 9.17) is 9.47 Å². The molecule has 0 aromatic carbocycles. The maximum Gasteiger partial charge on any atom is 0.159 e. The molecule has 1 unspecified atom stereocenters. The summed E-state index contributed by atoms with van der Waals surface area (Å²) in [4.78, 5) is 0. The first-order valence-corrected chi connectivity index (χ1v) is 4.67. The highest BCUT2D eigenvalue weighted by atomic mass is 16.7. The second-order valence-corrected chi connectivity index (χ2v) is 3.79. The lowest BCUT2D eigenvalue weighted by Crippen LogP contribution is -2.22. The first-order valence-electron chi connectivity index (χ1n) is 4.67. The molecule has 0 aromatic rings. The maximum absolute atomic E-state index is 5.17. The van der Waals surface area contributed by atoms with Gasteiger partial charge in [0.1, 0.15) is 0 Å². The minimum atomic E-state index is -0.0382. The van der Waals surface area contributed by atoms with Crippen LogP contribution in [0.15, 0.2) is 0 Å². The Hall–Kier alpha value is -0.0800. The van der Waals surface area contributed by atoms with Gasteiger partial charge in [-0.05, 0) is 12.3 Å². The first-order chi connectivity index (χ1) is 5.61. The van der Waals surface area contributed by atoms with Crippen LogP contribution < -0.4 is 0 Å². The van der Waals surface area contributed by atoms with Gasteiger partial charge in [0.2, 0.25) is 0 Å². The molecule has 0 N–H and O–H groups in total. The van der Waals surface area contributed by atoms with Gasteiger partial charge in [0, 0.05) is 20.1 Å². The molecular formula is C10H22O2. The molecule has 74 valence electrons. The molecule has 0 spiro atoms. The van der Waals surface area contributed by atoms with Gasteiger partial charge in [-0.15, -0.1) is 0 Å². The summed E-state index contributed by atoms with van der Waals surface area (Å²) in [6.07, 6.45) is 2.37. The summed E-state index contributed by atoms with van der Waals surface area (Å²) in [6, 6.07) is 0. The van der Waals surface area contributed by atoms with E-state index in [1.165, 1.54) is 12.8 Å². The van der Waals surface area contributed by atoms with Crippen LogP contribution in [-0.4, -0.2) is 20.5 Å². The molecular weight excluding hydrogens is 152 g/mol. The zero-order chi connectivity index (χ0) is 9.56. The highest BCUT2D eigenvalue weighted by Crippen LogP contribution is 2.17. The molecule has 1 atom stereocenters. The van der Waals surface area contributed by atoms with E-state index < -0.39 is 0 Å². The Labute approximate surface area is 76.3 Å². The van der Waals surface area contributed by atoms with Gasteiger partial charge < -0.3 is 9.47 Å². The summed E-state index contributed by atoms with van der Waals surface area (Å²) in [6.45, 7) is 6.64. The van der Waals surface area contributed by atoms with E-state index in [1.807, 2.05) is 0 Å². The average molecular weight is 174 g/mol. The topological polar surface area (TPSA) is 18.5 Å².